The van der Waals surface area contributed by atoms with Crippen LogP contribution in [0.5, 0.6) is 0 Å². The van der Waals surface area contributed by atoms with Crippen molar-refractivity contribution < 1.29 is 24.1 Å². The molecule has 4 aromatic rings. The van der Waals surface area contributed by atoms with E-state index in [-0.39, 0.29) is 13.3 Å². The van der Waals surface area contributed by atoms with Crippen LogP contribution in [0.4, 0.5) is 4.39 Å². The predicted octanol–water partition coefficient (Wildman–Crippen LogP) is 4.17. The van der Waals surface area contributed by atoms with E-state index >= 15 is 0 Å². The zero-order valence-corrected chi connectivity index (χ0v) is 25.0. The van der Waals surface area contributed by atoms with E-state index in [1.54, 1.807) is 48.5 Å². The largest absolute Gasteiger partial charge is 0.394 e. The van der Waals surface area contributed by atoms with Gasteiger partial charge in [-0.05, 0) is 51.4 Å². The number of carbonyl (C=O) groups excluding carboxylic acids is 1. The van der Waals surface area contributed by atoms with Crippen molar-refractivity contribution in [1.82, 2.24) is 29.6 Å². The summed E-state index contributed by atoms with van der Waals surface area (Å²) in [6.07, 6.45) is 3.16. The summed E-state index contributed by atoms with van der Waals surface area (Å²) in [7, 11) is -1.27. The molecule has 40 heavy (non-hydrogen) atoms. The Bertz CT molecular complexity index is 1510. The van der Waals surface area contributed by atoms with E-state index in [1.165, 1.54) is 12.1 Å². The van der Waals surface area contributed by atoms with Crippen LogP contribution in [0.25, 0.3) is 33.5 Å². The Kier molecular flexibility index (Phi) is 8.74. The molecule has 216 valence electrons. The number of nitrogens with zero attached hydrogens (tertiary/aromatic N) is 5. The molecule has 4 rings (SSSR count). The molecule has 1 atom stereocenters. The SMILES string of the molecule is CC(O)CCn1nc(-c2cnc3c(n2)c(C(=O)NC(C)(C)CO)cn3COCC[Si](C)(C)C)c2ccc(F)cc21. The minimum atomic E-state index is -1.27. The highest BCUT2D eigenvalue weighted by atomic mass is 28.3. The lowest BCUT2D eigenvalue weighted by Crippen LogP contribution is -2.46. The molecule has 3 N–H and O–H groups in total. The summed E-state index contributed by atoms with van der Waals surface area (Å²) < 4.78 is 23.5. The first-order valence-electron chi connectivity index (χ1n) is 13.5. The Morgan fingerprint density at radius 2 is 2.02 bits per heavy atom. The molecule has 0 saturated heterocycles. The molecular formula is C28H39FN6O4Si. The molecule has 0 spiro atoms. The Hall–Kier alpha value is -3.19. The fourth-order valence-electron chi connectivity index (χ4n) is 4.20. The number of ether oxygens (including phenoxy) is 1. The second kappa shape index (κ2) is 11.7. The molecule has 0 aliphatic carbocycles. The molecule has 1 unspecified atom stereocenters. The van der Waals surface area contributed by atoms with Crippen LogP contribution in [0.3, 0.4) is 0 Å². The van der Waals surface area contributed by atoms with Gasteiger partial charge in [0.15, 0.2) is 5.65 Å². The summed E-state index contributed by atoms with van der Waals surface area (Å²) in [6, 6.07) is 5.42. The Labute approximate surface area is 234 Å². The fourth-order valence-corrected chi connectivity index (χ4v) is 4.96. The zero-order valence-electron chi connectivity index (χ0n) is 24.0. The van der Waals surface area contributed by atoms with Crippen molar-refractivity contribution in [2.45, 2.75) is 77.8 Å². The molecule has 1 amide bonds. The van der Waals surface area contributed by atoms with Gasteiger partial charge in [0.2, 0.25) is 0 Å². The van der Waals surface area contributed by atoms with Gasteiger partial charge in [-0.15, -0.1) is 0 Å². The van der Waals surface area contributed by atoms with E-state index in [1.807, 2.05) is 0 Å². The highest BCUT2D eigenvalue weighted by Crippen LogP contribution is 2.30. The monoisotopic (exact) mass is 570 g/mol. The highest BCUT2D eigenvalue weighted by Gasteiger charge is 2.25. The summed E-state index contributed by atoms with van der Waals surface area (Å²) in [5.74, 6) is -0.791. The average molecular weight is 571 g/mol. The Morgan fingerprint density at radius 3 is 2.70 bits per heavy atom. The summed E-state index contributed by atoms with van der Waals surface area (Å²) >= 11 is 0. The number of aliphatic hydroxyl groups is 2. The lowest BCUT2D eigenvalue weighted by molar-refractivity contribution is 0.0859. The first-order valence-corrected chi connectivity index (χ1v) is 17.2. The van der Waals surface area contributed by atoms with Gasteiger partial charge in [-0.2, -0.15) is 5.10 Å². The molecule has 0 bridgehead atoms. The first-order chi connectivity index (χ1) is 18.8. The van der Waals surface area contributed by atoms with Crippen LogP contribution in [0.2, 0.25) is 25.7 Å². The van der Waals surface area contributed by atoms with Gasteiger partial charge in [0.1, 0.15) is 29.5 Å². The standard InChI is InChI=1S/C28H39FN6O4Si/c1-18(37)9-10-35-23-13-19(29)7-8-20(23)24(33-35)22-14-30-26-25(31-22)21(27(38)32-28(2,3)16-36)15-34(26)17-39-11-12-40(4,5)6/h7-8,13-15,18,36-37H,9-12,16-17H2,1-6H3,(H,32,38). The van der Waals surface area contributed by atoms with Gasteiger partial charge in [-0.1, -0.05) is 19.6 Å². The van der Waals surface area contributed by atoms with Gasteiger partial charge in [-0.25, -0.2) is 14.4 Å². The van der Waals surface area contributed by atoms with Gasteiger partial charge < -0.3 is 24.8 Å². The average Bonchev–Trinajstić information content (AvgIpc) is 3.42. The fraction of sp³-hybridized carbons (Fsp3) is 0.500. The molecule has 10 nitrogen and oxygen atoms in total. The van der Waals surface area contributed by atoms with Gasteiger partial charge in [0, 0.05) is 32.8 Å². The second-order valence-electron chi connectivity index (χ2n) is 12.2. The van der Waals surface area contributed by atoms with E-state index in [0.717, 1.165) is 6.04 Å². The van der Waals surface area contributed by atoms with Gasteiger partial charge in [0.05, 0.1) is 35.5 Å². The number of hydrogen-bond acceptors (Lipinski definition) is 7. The number of rotatable bonds is 12. The molecule has 0 saturated carbocycles. The smallest absolute Gasteiger partial charge is 0.255 e. The molecule has 0 aliphatic heterocycles. The third-order valence-electron chi connectivity index (χ3n) is 6.60. The van der Waals surface area contributed by atoms with Gasteiger partial charge in [0.25, 0.3) is 5.91 Å². The molecule has 3 aromatic heterocycles. The maximum atomic E-state index is 14.1. The predicted molar refractivity (Wildman–Crippen MR) is 155 cm³/mol. The van der Waals surface area contributed by atoms with Crippen molar-refractivity contribution in [3.05, 3.63) is 42.0 Å². The number of nitrogens with one attached hydrogen (secondary N) is 1. The van der Waals surface area contributed by atoms with E-state index in [2.05, 4.69) is 29.9 Å². The van der Waals surface area contributed by atoms with Crippen LogP contribution in [0.1, 0.15) is 37.6 Å². The van der Waals surface area contributed by atoms with Crippen LogP contribution < -0.4 is 5.32 Å². The van der Waals surface area contributed by atoms with Crippen molar-refractivity contribution in [2.75, 3.05) is 13.2 Å². The topological polar surface area (TPSA) is 127 Å². The van der Waals surface area contributed by atoms with Crippen LogP contribution in [0, 0.1) is 5.82 Å². The van der Waals surface area contributed by atoms with Gasteiger partial charge in [-0.3, -0.25) is 9.48 Å². The van der Waals surface area contributed by atoms with Crippen molar-refractivity contribution in [3.8, 4) is 11.4 Å². The lowest BCUT2D eigenvalue weighted by atomic mass is 10.1. The lowest BCUT2D eigenvalue weighted by Gasteiger charge is -2.23. The number of halogens is 1. The molecule has 3 heterocycles. The number of hydrogen-bond donors (Lipinski definition) is 3. The summed E-state index contributed by atoms with van der Waals surface area (Å²) in [4.78, 5) is 22.8. The Morgan fingerprint density at radius 1 is 1.27 bits per heavy atom. The Balaban J connectivity index is 1.78. The number of aliphatic hydroxyl groups excluding tert-OH is 2. The van der Waals surface area contributed by atoms with E-state index in [9.17, 15) is 19.4 Å². The van der Waals surface area contributed by atoms with Crippen molar-refractivity contribution in [3.63, 3.8) is 0 Å². The van der Waals surface area contributed by atoms with E-state index in [0.29, 0.717) is 58.6 Å². The molecule has 1 aromatic carbocycles. The van der Waals surface area contributed by atoms with E-state index < -0.39 is 31.4 Å². The summed E-state index contributed by atoms with van der Waals surface area (Å²) in [6.45, 7) is 13.0. The molecule has 0 fully saturated rings. The minimum absolute atomic E-state index is 0.210. The van der Waals surface area contributed by atoms with Crippen molar-refractivity contribution in [2.24, 2.45) is 0 Å². The van der Waals surface area contributed by atoms with Crippen molar-refractivity contribution in [1.29, 1.82) is 0 Å². The highest BCUT2D eigenvalue weighted by molar-refractivity contribution is 6.76. The summed E-state index contributed by atoms with van der Waals surface area (Å²) in [5.41, 5.74) is 1.80. The number of benzene rings is 1. The summed E-state index contributed by atoms with van der Waals surface area (Å²) in [5, 5.41) is 27.7. The van der Waals surface area contributed by atoms with Gasteiger partial charge >= 0.3 is 0 Å². The third kappa shape index (κ3) is 6.92. The van der Waals surface area contributed by atoms with Crippen LogP contribution in [-0.2, 0) is 18.0 Å². The van der Waals surface area contributed by atoms with Crippen LogP contribution in [-0.4, -0.2) is 73.4 Å². The number of fused-ring (bicyclic) bond motifs is 2. The third-order valence-corrected chi connectivity index (χ3v) is 8.30. The molecule has 0 aliphatic rings. The minimum Gasteiger partial charge on any atom is -0.394 e. The number of aryl methyl sites for hydroxylation is 1. The second-order valence-corrected chi connectivity index (χ2v) is 17.8. The normalized spacial score (nSPS) is 13.3. The van der Waals surface area contributed by atoms with Crippen molar-refractivity contribution >= 4 is 36.0 Å². The zero-order chi connectivity index (χ0) is 29.2. The maximum Gasteiger partial charge on any atom is 0.255 e. The molecule has 12 heteroatoms. The first kappa shape index (κ1) is 29.8. The number of amides is 1. The van der Waals surface area contributed by atoms with Crippen LogP contribution >= 0.6 is 0 Å². The quantitative estimate of drug-likeness (QED) is 0.172. The molecule has 0 radical (unpaired) electrons. The van der Waals surface area contributed by atoms with Crippen LogP contribution in [0.15, 0.2) is 30.6 Å². The number of carbonyl (C=O) groups is 1. The maximum absolute atomic E-state index is 14.1. The molecular weight excluding hydrogens is 531 g/mol. The number of aromatic nitrogens is 5. The van der Waals surface area contributed by atoms with E-state index in [4.69, 9.17) is 14.8 Å².